The van der Waals surface area contributed by atoms with E-state index in [0.717, 1.165) is 5.69 Å². The van der Waals surface area contributed by atoms with Crippen molar-refractivity contribution in [2.75, 3.05) is 12.3 Å². The molecule has 0 saturated heterocycles. The number of carbonyl (C=O) groups excluding carboxylic acids is 1. The lowest BCUT2D eigenvalue weighted by Gasteiger charge is -2.04. The number of amides is 1. The average molecular weight is 293 g/mol. The molecule has 1 heterocycles. The van der Waals surface area contributed by atoms with Crippen molar-refractivity contribution in [1.82, 2.24) is 25.5 Å². The van der Waals surface area contributed by atoms with E-state index < -0.39 is 0 Å². The zero-order chi connectivity index (χ0) is 14.4. The highest BCUT2D eigenvalue weighted by atomic mass is 32.2. The largest absolute Gasteiger partial charge is 0.508 e. The Morgan fingerprint density at radius 2 is 2.15 bits per heavy atom. The number of hydrogen-bond donors (Lipinski definition) is 2. The quantitative estimate of drug-likeness (QED) is 0.771. The van der Waals surface area contributed by atoms with E-state index in [1.165, 1.54) is 11.8 Å². The maximum atomic E-state index is 11.4. The third-order valence-electron chi connectivity index (χ3n) is 2.47. The van der Waals surface area contributed by atoms with E-state index in [1.54, 1.807) is 28.9 Å². The third-order valence-corrected chi connectivity index (χ3v) is 3.39. The molecule has 1 aromatic carbocycles. The normalized spacial score (nSPS) is 10.4. The minimum atomic E-state index is 0.0173. The number of nitrogens with one attached hydrogen (secondary N) is 1. The van der Waals surface area contributed by atoms with Crippen molar-refractivity contribution in [3.8, 4) is 11.4 Å². The molecule has 2 N–H and O–H groups in total. The Hall–Kier alpha value is -2.09. The Kier molecular flexibility index (Phi) is 4.94. The van der Waals surface area contributed by atoms with Gasteiger partial charge in [-0.2, -0.15) is 4.68 Å². The fraction of sp³-hybridized carbons (Fsp3) is 0.333. The second-order valence-electron chi connectivity index (χ2n) is 3.94. The third kappa shape index (κ3) is 3.70. The minimum Gasteiger partial charge on any atom is -0.508 e. The molecule has 0 aliphatic carbocycles. The fourth-order valence-electron chi connectivity index (χ4n) is 1.55. The molecule has 106 valence electrons. The van der Waals surface area contributed by atoms with Gasteiger partial charge in [-0.25, -0.2) is 0 Å². The van der Waals surface area contributed by atoms with Gasteiger partial charge in [-0.3, -0.25) is 4.79 Å². The van der Waals surface area contributed by atoms with Gasteiger partial charge in [0.2, 0.25) is 11.1 Å². The molecule has 0 atom stereocenters. The van der Waals surface area contributed by atoms with Crippen LogP contribution in [0.3, 0.4) is 0 Å². The van der Waals surface area contributed by atoms with Gasteiger partial charge in [-0.15, -0.1) is 5.10 Å². The van der Waals surface area contributed by atoms with E-state index in [0.29, 0.717) is 23.9 Å². The summed E-state index contributed by atoms with van der Waals surface area (Å²) in [6.45, 7) is 2.52. The second-order valence-corrected chi connectivity index (χ2v) is 5.00. The first-order chi connectivity index (χ1) is 9.70. The van der Waals surface area contributed by atoms with Crippen LogP contribution < -0.4 is 5.32 Å². The van der Waals surface area contributed by atoms with Crippen molar-refractivity contribution >= 4 is 17.7 Å². The molecule has 0 radical (unpaired) electrons. The molecule has 0 spiro atoms. The standard InChI is InChI=1S/C12H15N5O2S/c1-2-13-11(19)7-8-20-12-14-15-16-17(12)9-3-5-10(18)6-4-9/h3-6,18H,2,7-8H2,1H3,(H,13,19). The zero-order valence-corrected chi connectivity index (χ0v) is 11.8. The van der Waals surface area contributed by atoms with Gasteiger partial charge in [0.15, 0.2) is 0 Å². The summed E-state index contributed by atoms with van der Waals surface area (Å²) in [6.07, 6.45) is 0.418. The number of aromatic hydroxyl groups is 1. The first-order valence-corrected chi connectivity index (χ1v) is 7.16. The molecule has 8 heteroatoms. The van der Waals surface area contributed by atoms with E-state index in [2.05, 4.69) is 20.8 Å². The summed E-state index contributed by atoms with van der Waals surface area (Å²) in [5.41, 5.74) is 0.758. The summed E-state index contributed by atoms with van der Waals surface area (Å²) >= 11 is 1.41. The number of phenolic OH excluding ortho intramolecular Hbond substituents is 1. The molecular weight excluding hydrogens is 278 g/mol. The fourth-order valence-corrected chi connectivity index (χ4v) is 2.37. The van der Waals surface area contributed by atoms with Gasteiger partial charge in [0.25, 0.3) is 0 Å². The number of tetrazole rings is 1. The maximum absolute atomic E-state index is 11.4. The lowest BCUT2D eigenvalue weighted by atomic mass is 10.3. The van der Waals surface area contributed by atoms with Gasteiger partial charge in [0.1, 0.15) is 5.75 Å². The number of benzene rings is 1. The van der Waals surface area contributed by atoms with E-state index in [9.17, 15) is 9.90 Å². The summed E-state index contributed by atoms with van der Waals surface area (Å²) in [7, 11) is 0. The summed E-state index contributed by atoms with van der Waals surface area (Å²) in [5.74, 6) is 0.806. The molecule has 0 fully saturated rings. The Balaban J connectivity index is 1.98. The SMILES string of the molecule is CCNC(=O)CCSc1nnnn1-c1ccc(O)cc1. The summed E-state index contributed by atoms with van der Waals surface area (Å²) in [6, 6.07) is 6.58. The molecule has 0 bridgehead atoms. The van der Waals surface area contributed by atoms with Gasteiger partial charge in [-0.1, -0.05) is 11.8 Å². The van der Waals surface area contributed by atoms with Crippen LogP contribution in [-0.2, 0) is 4.79 Å². The van der Waals surface area contributed by atoms with Gasteiger partial charge < -0.3 is 10.4 Å². The highest BCUT2D eigenvalue weighted by Gasteiger charge is 2.09. The first kappa shape index (κ1) is 14.3. The predicted octanol–water partition coefficient (Wildman–Crippen LogP) is 0.986. The number of thioether (sulfide) groups is 1. The van der Waals surface area contributed by atoms with Crippen LogP contribution in [0.5, 0.6) is 5.75 Å². The van der Waals surface area contributed by atoms with Crippen molar-refractivity contribution in [3.05, 3.63) is 24.3 Å². The maximum Gasteiger partial charge on any atom is 0.220 e. The van der Waals surface area contributed by atoms with Crippen molar-refractivity contribution in [2.24, 2.45) is 0 Å². The Bertz CT molecular complexity index is 569. The van der Waals surface area contributed by atoms with Crippen molar-refractivity contribution < 1.29 is 9.90 Å². The van der Waals surface area contributed by atoms with E-state index in [1.807, 2.05) is 6.92 Å². The van der Waals surface area contributed by atoms with Crippen LogP contribution in [-0.4, -0.2) is 43.5 Å². The van der Waals surface area contributed by atoms with Crippen LogP contribution in [0.25, 0.3) is 5.69 Å². The molecule has 2 aromatic rings. The molecule has 0 aliphatic heterocycles. The van der Waals surface area contributed by atoms with Gasteiger partial charge in [0, 0.05) is 18.7 Å². The van der Waals surface area contributed by atoms with Crippen molar-refractivity contribution in [1.29, 1.82) is 0 Å². The highest BCUT2D eigenvalue weighted by molar-refractivity contribution is 7.99. The second kappa shape index (κ2) is 6.90. The van der Waals surface area contributed by atoms with Gasteiger partial charge in [0.05, 0.1) is 5.69 Å². The van der Waals surface area contributed by atoms with Crippen LogP contribution in [0, 0.1) is 0 Å². The number of hydrogen-bond acceptors (Lipinski definition) is 6. The Morgan fingerprint density at radius 3 is 2.85 bits per heavy atom. The predicted molar refractivity (Wildman–Crippen MR) is 74.8 cm³/mol. The summed E-state index contributed by atoms with van der Waals surface area (Å²) in [4.78, 5) is 11.4. The van der Waals surface area contributed by atoms with Crippen LogP contribution in [0.1, 0.15) is 13.3 Å². The van der Waals surface area contributed by atoms with Gasteiger partial charge in [-0.05, 0) is 41.6 Å². The molecule has 7 nitrogen and oxygen atoms in total. The first-order valence-electron chi connectivity index (χ1n) is 6.18. The number of phenols is 1. The van der Waals surface area contributed by atoms with E-state index >= 15 is 0 Å². The monoisotopic (exact) mass is 293 g/mol. The molecule has 2 rings (SSSR count). The lowest BCUT2D eigenvalue weighted by molar-refractivity contribution is -0.120. The minimum absolute atomic E-state index is 0.0173. The summed E-state index contributed by atoms with van der Waals surface area (Å²) < 4.78 is 1.57. The Morgan fingerprint density at radius 1 is 1.40 bits per heavy atom. The molecule has 0 saturated carbocycles. The van der Waals surface area contributed by atoms with E-state index in [4.69, 9.17) is 0 Å². The van der Waals surface area contributed by atoms with Crippen LogP contribution in [0.2, 0.25) is 0 Å². The van der Waals surface area contributed by atoms with E-state index in [-0.39, 0.29) is 11.7 Å². The van der Waals surface area contributed by atoms with Crippen molar-refractivity contribution in [3.63, 3.8) is 0 Å². The van der Waals surface area contributed by atoms with Crippen LogP contribution in [0.15, 0.2) is 29.4 Å². The van der Waals surface area contributed by atoms with Crippen LogP contribution in [0.4, 0.5) is 0 Å². The number of nitrogens with zero attached hydrogens (tertiary/aromatic N) is 4. The summed E-state index contributed by atoms with van der Waals surface area (Å²) in [5, 5.41) is 24.1. The Labute approximate surface area is 120 Å². The van der Waals surface area contributed by atoms with Crippen molar-refractivity contribution in [2.45, 2.75) is 18.5 Å². The number of aromatic nitrogens is 4. The molecule has 1 amide bonds. The topological polar surface area (TPSA) is 92.9 Å². The average Bonchev–Trinajstić information content (AvgIpc) is 2.88. The number of rotatable bonds is 6. The lowest BCUT2D eigenvalue weighted by Crippen LogP contribution is -2.22. The van der Waals surface area contributed by atoms with Crippen LogP contribution >= 0.6 is 11.8 Å². The zero-order valence-electron chi connectivity index (χ0n) is 11.0. The number of carbonyl (C=O) groups is 1. The van der Waals surface area contributed by atoms with Gasteiger partial charge >= 0.3 is 0 Å². The molecule has 1 aromatic heterocycles. The molecule has 20 heavy (non-hydrogen) atoms. The molecule has 0 aliphatic rings. The molecule has 0 unspecified atom stereocenters. The highest BCUT2D eigenvalue weighted by Crippen LogP contribution is 2.20. The smallest absolute Gasteiger partial charge is 0.220 e. The molecular formula is C12H15N5O2S.